The molecule has 3 aromatic rings. The van der Waals surface area contributed by atoms with Crippen molar-refractivity contribution in [3.8, 4) is 17.2 Å². The molecule has 0 atom stereocenters. The molecule has 0 N–H and O–H groups in total. The van der Waals surface area contributed by atoms with Crippen LogP contribution in [0.4, 0.5) is 24.5 Å². The monoisotopic (exact) mass is 494 g/mol. The van der Waals surface area contributed by atoms with Gasteiger partial charge in [0.05, 0.1) is 17.4 Å². The molecular weight excluding hydrogens is 473 g/mol. The number of aromatic nitrogens is 1. The maximum absolute atomic E-state index is 13.5. The van der Waals surface area contributed by atoms with Crippen molar-refractivity contribution in [1.82, 2.24) is 4.98 Å². The van der Waals surface area contributed by atoms with E-state index in [1.54, 1.807) is 4.90 Å². The number of anilines is 2. The van der Waals surface area contributed by atoms with Crippen LogP contribution >= 0.6 is 12.2 Å². The van der Waals surface area contributed by atoms with E-state index in [0.29, 0.717) is 18.5 Å². The standard InChI is InChI=1S/C26H21F3N4OS/c1-32(21-14-22(26(27,28)29)23(15-30)31-16-21)24(35)33(25(17-34)11-6-12-25)20-10-5-9-19(13-20)18-7-3-2-4-8-18/h2-5,7-10,13-14,16-17H,6,11-12H2,1H3. The van der Waals surface area contributed by atoms with Gasteiger partial charge in [0.25, 0.3) is 0 Å². The van der Waals surface area contributed by atoms with E-state index in [0.717, 1.165) is 29.9 Å². The third-order valence-corrected chi connectivity index (χ3v) is 6.70. The molecular formula is C26H21F3N4OS. The van der Waals surface area contributed by atoms with Gasteiger partial charge in [0.15, 0.2) is 10.8 Å². The van der Waals surface area contributed by atoms with Crippen molar-refractivity contribution in [3.63, 3.8) is 0 Å². The highest BCUT2D eigenvalue weighted by Gasteiger charge is 2.45. The highest BCUT2D eigenvalue weighted by molar-refractivity contribution is 7.80. The summed E-state index contributed by atoms with van der Waals surface area (Å²) >= 11 is 5.75. The number of rotatable bonds is 5. The predicted octanol–water partition coefficient (Wildman–Crippen LogP) is 5.99. The van der Waals surface area contributed by atoms with Crippen molar-refractivity contribution in [2.45, 2.75) is 31.0 Å². The van der Waals surface area contributed by atoms with Crippen LogP contribution in [0.2, 0.25) is 0 Å². The van der Waals surface area contributed by atoms with E-state index in [2.05, 4.69) is 4.98 Å². The van der Waals surface area contributed by atoms with Gasteiger partial charge < -0.3 is 14.6 Å². The minimum absolute atomic E-state index is 0.0610. The van der Waals surface area contributed by atoms with Crippen LogP contribution in [0.15, 0.2) is 66.9 Å². The van der Waals surface area contributed by atoms with Crippen LogP contribution in [0.25, 0.3) is 11.1 Å². The number of nitrogens with zero attached hydrogens (tertiary/aromatic N) is 4. The summed E-state index contributed by atoms with van der Waals surface area (Å²) in [6.07, 6.45) is -0.745. The number of thiocarbonyl (C=S) groups is 1. The fraction of sp³-hybridized carbons (Fsp3) is 0.231. The zero-order valence-corrected chi connectivity index (χ0v) is 19.6. The second kappa shape index (κ2) is 9.47. The Morgan fingerprint density at radius 2 is 1.77 bits per heavy atom. The summed E-state index contributed by atoms with van der Waals surface area (Å²) < 4.78 is 40.6. The van der Waals surface area contributed by atoms with Crippen molar-refractivity contribution in [2.24, 2.45) is 0 Å². The van der Waals surface area contributed by atoms with E-state index in [9.17, 15) is 18.0 Å². The molecule has 9 heteroatoms. The molecule has 1 aliphatic rings. The van der Waals surface area contributed by atoms with Gasteiger partial charge in [-0.3, -0.25) is 0 Å². The molecule has 0 spiro atoms. The van der Waals surface area contributed by atoms with E-state index < -0.39 is 23.0 Å². The maximum atomic E-state index is 13.5. The first-order valence-corrected chi connectivity index (χ1v) is 11.3. The minimum atomic E-state index is -4.75. The number of nitriles is 1. The van der Waals surface area contributed by atoms with Crippen molar-refractivity contribution >= 4 is 35.0 Å². The second-order valence-corrected chi connectivity index (χ2v) is 8.73. The number of hydrogen-bond donors (Lipinski definition) is 0. The van der Waals surface area contributed by atoms with Gasteiger partial charge in [-0.15, -0.1) is 0 Å². The SMILES string of the molecule is CN(C(=S)N(c1cccc(-c2ccccc2)c1)C1(C=O)CCC1)c1cnc(C#N)c(C(F)(F)F)c1. The van der Waals surface area contributed by atoms with Crippen molar-refractivity contribution in [1.29, 1.82) is 5.26 Å². The summed E-state index contributed by atoms with van der Waals surface area (Å²) in [5, 5.41) is 9.21. The van der Waals surface area contributed by atoms with Gasteiger partial charge in [-0.2, -0.15) is 18.4 Å². The van der Waals surface area contributed by atoms with Crippen LogP contribution in [-0.2, 0) is 11.0 Å². The maximum Gasteiger partial charge on any atom is 0.419 e. The van der Waals surface area contributed by atoms with Crippen molar-refractivity contribution in [3.05, 3.63) is 78.1 Å². The van der Waals surface area contributed by atoms with Crippen LogP contribution < -0.4 is 9.80 Å². The summed E-state index contributed by atoms with van der Waals surface area (Å²) in [7, 11) is 1.52. The molecule has 5 nitrogen and oxygen atoms in total. The average Bonchev–Trinajstić information content (AvgIpc) is 2.85. The number of pyridine rings is 1. The highest BCUT2D eigenvalue weighted by atomic mass is 32.1. The molecule has 1 aromatic heterocycles. The molecule has 1 heterocycles. The van der Waals surface area contributed by atoms with Gasteiger partial charge in [0.2, 0.25) is 0 Å². The first-order valence-electron chi connectivity index (χ1n) is 10.9. The fourth-order valence-electron chi connectivity index (χ4n) is 4.15. The normalized spacial score (nSPS) is 14.4. The lowest BCUT2D eigenvalue weighted by Crippen LogP contribution is -2.60. The third-order valence-electron chi connectivity index (χ3n) is 6.25. The van der Waals surface area contributed by atoms with E-state index in [4.69, 9.17) is 17.5 Å². The molecule has 0 aliphatic heterocycles. The Labute approximate surface area is 206 Å². The smallest absolute Gasteiger partial charge is 0.320 e. The Balaban J connectivity index is 1.77. The second-order valence-electron chi connectivity index (χ2n) is 8.37. The number of carbonyl (C=O) groups excluding carboxylic acids is 1. The lowest BCUT2D eigenvalue weighted by atomic mass is 9.76. The zero-order valence-electron chi connectivity index (χ0n) is 18.8. The van der Waals surface area contributed by atoms with E-state index in [-0.39, 0.29) is 10.8 Å². The summed E-state index contributed by atoms with van der Waals surface area (Å²) in [4.78, 5) is 19.1. The van der Waals surface area contributed by atoms with Gasteiger partial charge in [0, 0.05) is 12.7 Å². The topological polar surface area (TPSA) is 60.2 Å². The Bertz CT molecular complexity index is 1300. The number of carbonyl (C=O) groups is 1. The number of halogens is 3. The summed E-state index contributed by atoms with van der Waals surface area (Å²) in [6.45, 7) is 0. The number of hydrogen-bond acceptors (Lipinski definition) is 4. The van der Waals surface area contributed by atoms with Crippen LogP contribution in [0, 0.1) is 11.3 Å². The largest absolute Gasteiger partial charge is 0.419 e. The molecule has 1 fully saturated rings. The van der Waals surface area contributed by atoms with Gasteiger partial charge in [-0.25, -0.2) is 4.98 Å². The molecule has 0 unspecified atom stereocenters. The Morgan fingerprint density at radius 1 is 1.09 bits per heavy atom. The molecule has 1 saturated carbocycles. The summed E-state index contributed by atoms with van der Waals surface area (Å²) in [6, 6.07) is 19.6. The van der Waals surface area contributed by atoms with E-state index in [1.807, 2.05) is 54.6 Å². The minimum Gasteiger partial charge on any atom is -0.320 e. The molecule has 1 aliphatic carbocycles. The Morgan fingerprint density at radius 3 is 2.34 bits per heavy atom. The number of alkyl halides is 3. The quantitative estimate of drug-likeness (QED) is 0.321. The Hall–Kier alpha value is -3.77. The molecule has 35 heavy (non-hydrogen) atoms. The van der Waals surface area contributed by atoms with Gasteiger partial charge in [-0.1, -0.05) is 42.5 Å². The fourth-order valence-corrected chi connectivity index (χ4v) is 4.54. The molecule has 2 aromatic carbocycles. The lowest BCUT2D eigenvalue weighted by molar-refractivity contribution is -0.138. The number of benzene rings is 2. The predicted molar refractivity (Wildman–Crippen MR) is 132 cm³/mol. The van der Waals surface area contributed by atoms with E-state index >= 15 is 0 Å². The zero-order chi connectivity index (χ0) is 25.2. The highest BCUT2D eigenvalue weighted by Crippen LogP contribution is 2.41. The first kappa shape index (κ1) is 24.4. The van der Waals surface area contributed by atoms with Crippen molar-refractivity contribution < 1.29 is 18.0 Å². The summed E-state index contributed by atoms with van der Waals surface area (Å²) in [5.74, 6) is 0. The van der Waals surface area contributed by atoms with Crippen LogP contribution in [0.1, 0.15) is 30.5 Å². The van der Waals surface area contributed by atoms with Crippen LogP contribution in [-0.4, -0.2) is 29.0 Å². The summed E-state index contributed by atoms with van der Waals surface area (Å²) in [5.41, 5.74) is -0.131. The molecule has 4 rings (SSSR count). The Kier molecular flexibility index (Phi) is 6.59. The van der Waals surface area contributed by atoms with Gasteiger partial charge in [0.1, 0.15) is 17.9 Å². The van der Waals surface area contributed by atoms with E-state index in [1.165, 1.54) is 24.2 Å². The molecule has 0 saturated heterocycles. The first-order chi connectivity index (χ1) is 16.7. The molecule has 178 valence electrons. The average molecular weight is 495 g/mol. The molecule has 0 radical (unpaired) electrons. The van der Waals surface area contributed by atoms with Crippen molar-refractivity contribution in [2.75, 3.05) is 16.8 Å². The van der Waals surface area contributed by atoms with Crippen LogP contribution in [0.3, 0.4) is 0 Å². The molecule has 0 bridgehead atoms. The third kappa shape index (κ3) is 4.62. The lowest BCUT2D eigenvalue weighted by Gasteiger charge is -2.49. The van der Waals surface area contributed by atoms with Crippen LogP contribution in [0.5, 0.6) is 0 Å². The molecule has 0 amide bonds. The van der Waals surface area contributed by atoms with Gasteiger partial charge >= 0.3 is 6.18 Å². The van der Waals surface area contributed by atoms with Gasteiger partial charge in [-0.05, 0) is 60.8 Å². The number of aldehydes is 1.